The van der Waals surface area contributed by atoms with Crippen LogP contribution in [0.5, 0.6) is 5.75 Å². The quantitative estimate of drug-likeness (QED) is 0.128. The molecule has 1 rings (SSSR count). The van der Waals surface area contributed by atoms with Gasteiger partial charge in [0, 0.05) is 6.42 Å². The van der Waals surface area contributed by atoms with Crippen LogP contribution in [0.3, 0.4) is 0 Å². The second kappa shape index (κ2) is 14.3. The summed E-state index contributed by atoms with van der Waals surface area (Å²) >= 11 is 0. The average Bonchev–Trinajstić information content (AvgIpc) is 2.80. The van der Waals surface area contributed by atoms with Crippen molar-refractivity contribution in [2.45, 2.75) is 44.8 Å². The SMILES string of the molecule is CC(C)[C@H](N)C(=O)N[C@@H](CC(N)=O)C(=O)NCC(=O)NCC(=O)N[C@@H](Cc1ccc(O)cc1)C(=O)O. The molecule has 1 aromatic rings. The van der Waals surface area contributed by atoms with E-state index in [0.29, 0.717) is 5.56 Å². The molecule has 0 aromatic heterocycles. The number of carboxylic acids is 1. The maximum Gasteiger partial charge on any atom is 0.326 e. The molecule has 0 fully saturated rings. The van der Waals surface area contributed by atoms with Crippen molar-refractivity contribution in [3.8, 4) is 5.75 Å². The zero-order chi connectivity index (χ0) is 27.4. The highest BCUT2D eigenvalue weighted by Crippen LogP contribution is 2.11. The number of hydrogen-bond acceptors (Lipinski definition) is 8. The number of nitrogens with two attached hydrogens (primary N) is 2. The van der Waals surface area contributed by atoms with E-state index in [0.717, 1.165) is 0 Å². The maximum absolute atomic E-state index is 12.3. The monoisotopic (exact) mass is 508 g/mol. The first kappa shape index (κ1) is 29.8. The van der Waals surface area contributed by atoms with Crippen molar-refractivity contribution in [1.29, 1.82) is 0 Å². The first-order valence-electron chi connectivity index (χ1n) is 11.0. The molecule has 0 aliphatic rings. The van der Waals surface area contributed by atoms with Gasteiger partial charge in [-0.05, 0) is 23.6 Å². The fourth-order valence-electron chi connectivity index (χ4n) is 2.83. The minimum atomic E-state index is -1.35. The fourth-order valence-corrected chi connectivity index (χ4v) is 2.83. The van der Waals surface area contributed by atoms with Gasteiger partial charge >= 0.3 is 5.97 Å². The Hall–Kier alpha value is -4.20. The minimum Gasteiger partial charge on any atom is -0.508 e. The summed E-state index contributed by atoms with van der Waals surface area (Å²) in [4.78, 5) is 71.3. The third kappa shape index (κ3) is 10.8. The molecule has 14 heteroatoms. The van der Waals surface area contributed by atoms with Crippen molar-refractivity contribution >= 4 is 35.5 Å². The zero-order valence-electron chi connectivity index (χ0n) is 19.9. The third-order valence-electron chi connectivity index (χ3n) is 4.94. The van der Waals surface area contributed by atoms with E-state index in [2.05, 4.69) is 21.3 Å². The molecule has 0 saturated heterocycles. The Kier molecular flexibility index (Phi) is 11.8. The number of carbonyl (C=O) groups excluding carboxylic acids is 5. The molecule has 198 valence electrons. The second-order valence-corrected chi connectivity index (χ2v) is 8.32. The summed E-state index contributed by atoms with van der Waals surface area (Å²) in [6.45, 7) is 2.22. The van der Waals surface area contributed by atoms with Gasteiger partial charge in [0.05, 0.1) is 25.6 Å². The molecular weight excluding hydrogens is 476 g/mol. The van der Waals surface area contributed by atoms with Gasteiger partial charge in [0.2, 0.25) is 29.5 Å². The summed E-state index contributed by atoms with van der Waals surface area (Å²) in [5.74, 6) is -5.50. The number of phenols is 1. The summed E-state index contributed by atoms with van der Waals surface area (Å²) in [7, 11) is 0. The Labute approximate surface area is 207 Å². The van der Waals surface area contributed by atoms with Gasteiger partial charge in [-0.25, -0.2) is 4.79 Å². The molecule has 0 aliphatic heterocycles. The van der Waals surface area contributed by atoms with E-state index >= 15 is 0 Å². The summed E-state index contributed by atoms with van der Waals surface area (Å²) < 4.78 is 0. The molecule has 0 bridgehead atoms. The molecular formula is C22H32N6O8. The lowest BCUT2D eigenvalue weighted by Crippen LogP contribution is -2.55. The lowest BCUT2D eigenvalue weighted by Gasteiger charge is -2.21. The molecule has 1 aromatic carbocycles. The van der Waals surface area contributed by atoms with Crippen LogP contribution in [0.1, 0.15) is 25.8 Å². The molecule has 14 nitrogen and oxygen atoms in total. The number of rotatable bonds is 14. The van der Waals surface area contributed by atoms with Gasteiger partial charge < -0.3 is 42.9 Å². The standard InChI is InChI=1S/C22H32N6O8/c1-11(2)19(24)21(34)28-14(8-16(23)30)20(33)26-9-17(31)25-10-18(32)27-15(22(35)36)7-12-3-5-13(29)6-4-12/h3-6,11,14-15,19,29H,7-10,24H2,1-2H3,(H2,23,30)(H,25,31)(H,26,33)(H,27,32)(H,28,34)(H,35,36)/t14-,15-,19-/m0/s1. The highest BCUT2D eigenvalue weighted by molar-refractivity contribution is 5.95. The van der Waals surface area contributed by atoms with Gasteiger partial charge in [0.25, 0.3) is 0 Å². The Morgan fingerprint density at radius 2 is 1.44 bits per heavy atom. The Morgan fingerprint density at radius 3 is 1.97 bits per heavy atom. The predicted molar refractivity (Wildman–Crippen MR) is 126 cm³/mol. The lowest BCUT2D eigenvalue weighted by atomic mass is 10.0. The van der Waals surface area contributed by atoms with Crippen molar-refractivity contribution in [3.63, 3.8) is 0 Å². The van der Waals surface area contributed by atoms with Crippen molar-refractivity contribution in [1.82, 2.24) is 21.3 Å². The molecule has 0 radical (unpaired) electrons. The number of aliphatic carboxylic acids is 1. The number of amides is 5. The van der Waals surface area contributed by atoms with Crippen LogP contribution in [0.25, 0.3) is 0 Å². The number of nitrogens with one attached hydrogen (secondary N) is 4. The topological polar surface area (TPSA) is 243 Å². The van der Waals surface area contributed by atoms with Gasteiger partial charge in [-0.3, -0.25) is 24.0 Å². The summed E-state index contributed by atoms with van der Waals surface area (Å²) in [6.07, 6.45) is -0.581. The van der Waals surface area contributed by atoms with Gasteiger partial charge in [-0.1, -0.05) is 26.0 Å². The highest BCUT2D eigenvalue weighted by atomic mass is 16.4. The molecule has 3 atom stereocenters. The van der Waals surface area contributed by atoms with E-state index < -0.39 is 73.1 Å². The number of carboxylic acid groups (broad SMARTS) is 1. The number of benzene rings is 1. The van der Waals surface area contributed by atoms with E-state index in [4.69, 9.17) is 11.5 Å². The first-order chi connectivity index (χ1) is 16.8. The zero-order valence-corrected chi connectivity index (χ0v) is 19.9. The molecule has 0 spiro atoms. The first-order valence-corrected chi connectivity index (χ1v) is 11.0. The lowest BCUT2D eigenvalue weighted by molar-refractivity contribution is -0.141. The molecule has 0 unspecified atom stereocenters. The molecule has 36 heavy (non-hydrogen) atoms. The van der Waals surface area contributed by atoms with Crippen molar-refractivity contribution in [2.24, 2.45) is 17.4 Å². The molecule has 0 aliphatic carbocycles. The van der Waals surface area contributed by atoms with Crippen LogP contribution in [0.15, 0.2) is 24.3 Å². The Bertz CT molecular complexity index is 966. The van der Waals surface area contributed by atoms with E-state index in [1.165, 1.54) is 24.3 Å². The smallest absolute Gasteiger partial charge is 0.326 e. The number of primary amides is 1. The second-order valence-electron chi connectivity index (χ2n) is 8.32. The van der Waals surface area contributed by atoms with Crippen LogP contribution < -0.4 is 32.7 Å². The summed E-state index contributed by atoms with van der Waals surface area (Å²) in [6, 6.07) is 2.20. The van der Waals surface area contributed by atoms with E-state index in [-0.39, 0.29) is 18.1 Å². The van der Waals surface area contributed by atoms with Gasteiger partial charge in [-0.15, -0.1) is 0 Å². The third-order valence-corrected chi connectivity index (χ3v) is 4.94. The van der Waals surface area contributed by atoms with Crippen molar-refractivity contribution in [2.75, 3.05) is 13.1 Å². The Morgan fingerprint density at radius 1 is 0.861 bits per heavy atom. The minimum absolute atomic E-state index is 0.00641. The van der Waals surface area contributed by atoms with Crippen molar-refractivity contribution < 1.29 is 39.0 Å². The normalized spacial score (nSPS) is 13.1. The largest absolute Gasteiger partial charge is 0.508 e. The van der Waals surface area contributed by atoms with Crippen LogP contribution in [-0.4, -0.2) is 76.9 Å². The van der Waals surface area contributed by atoms with Crippen molar-refractivity contribution in [3.05, 3.63) is 29.8 Å². The predicted octanol–water partition coefficient (Wildman–Crippen LogP) is -2.92. The van der Waals surface area contributed by atoms with Crippen LogP contribution in [0, 0.1) is 5.92 Å². The van der Waals surface area contributed by atoms with Crippen LogP contribution >= 0.6 is 0 Å². The van der Waals surface area contributed by atoms with Gasteiger partial charge in [0.1, 0.15) is 17.8 Å². The van der Waals surface area contributed by atoms with E-state index in [1.54, 1.807) is 13.8 Å². The van der Waals surface area contributed by atoms with Gasteiger partial charge in [0.15, 0.2) is 0 Å². The summed E-state index contributed by atoms with van der Waals surface area (Å²) in [5, 5.41) is 27.7. The number of phenolic OH excluding ortho intramolecular Hbond substituents is 1. The number of aromatic hydroxyl groups is 1. The molecule has 0 saturated carbocycles. The van der Waals surface area contributed by atoms with E-state index in [1.807, 2.05) is 0 Å². The van der Waals surface area contributed by atoms with Crippen LogP contribution in [0.2, 0.25) is 0 Å². The number of hydrogen-bond donors (Lipinski definition) is 8. The molecule has 0 heterocycles. The number of carbonyl (C=O) groups is 6. The van der Waals surface area contributed by atoms with Gasteiger partial charge in [-0.2, -0.15) is 0 Å². The van der Waals surface area contributed by atoms with E-state index in [9.17, 15) is 39.0 Å². The highest BCUT2D eigenvalue weighted by Gasteiger charge is 2.27. The van der Waals surface area contributed by atoms with Crippen LogP contribution in [-0.2, 0) is 35.2 Å². The fraction of sp³-hybridized carbons (Fsp3) is 0.455. The molecule has 10 N–H and O–H groups in total. The maximum atomic E-state index is 12.3. The average molecular weight is 509 g/mol. The summed E-state index contributed by atoms with van der Waals surface area (Å²) in [5.41, 5.74) is 11.4. The Balaban J connectivity index is 2.56. The molecule has 5 amide bonds. The van der Waals surface area contributed by atoms with Crippen LogP contribution in [0.4, 0.5) is 0 Å².